The highest BCUT2D eigenvalue weighted by molar-refractivity contribution is 6.04. The highest BCUT2D eigenvalue weighted by atomic mass is 16.5. The van der Waals surface area contributed by atoms with Gasteiger partial charge in [0, 0.05) is 23.9 Å². The van der Waals surface area contributed by atoms with E-state index in [1.165, 1.54) is 6.92 Å². The smallest absolute Gasteiger partial charge is 0.255 e. The number of hydrogen-bond acceptors (Lipinski definition) is 3. The molecule has 0 spiro atoms. The summed E-state index contributed by atoms with van der Waals surface area (Å²) in [5.41, 5.74) is 2.69. The van der Waals surface area contributed by atoms with Crippen LogP contribution in [0.3, 0.4) is 0 Å². The molecule has 2 rings (SSSR count). The van der Waals surface area contributed by atoms with Gasteiger partial charge in [0.05, 0.1) is 7.11 Å². The summed E-state index contributed by atoms with van der Waals surface area (Å²) >= 11 is 0. The Morgan fingerprint density at radius 2 is 1.68 bits per heavy atom. The SMILES string of the molecule is COc1ccc(C(=O)Nc2cccc(NC(C)=O)c2)cc1C. The first-order valence-corrected chi connectivity index (χ1v) is 6.83. The Morgan fingerprint density at radius 1 is 1.00 bits per heavy atom. The maximum atomic E-state index is 12.3. The molecule has 0 radical (unpaired) electrons. The Hall–Kier alpha value is -2.82. The van der Waals surface area contributed by atoms with Gasteiger partial charge in [-0.25, -0.2) is 0 Å². The van der Waals surface area contributed by atoms with E-state index in [0.29, 0.717) is 16.9 Å². The van der Waals surface area contributed by atoms with Crippen LogP contribution in [0, 0.1) is 6.92 Å². The van der Waals surface area contributed by atoms with Gasteiger partial charge in [-0.1, -0.05) is 6.07 Å². The second-order valence-electron chi connectivity index (χ2n) is 4.90. The molecule has 0 heterocycles. The molecule has 0 atom stereocenters. The molecule has 0 unspecified atom stereocenters. The molecule has 2 amide bonds. The van der Waals surface area contributed by atoms with Crippen molar-refractivity contribution < 1.29 is 14.3 Å². The largest absolute Gasteiger partial charge is 0.496 e. The van der Waals surface area contributed by atoms with E-state index < -0.39 is 0 Å². The average molecular weight is 298 g/mol. The minimum atomic E-state index is -0.217. The molecule has 5 nitrogen and oxygen atoms in total. The summed E-state index contributed by atoms with van der Waals surface area (Å²) < 4.78 is 5.18. The molecule has 0 aliphatic heterocycles. The summed E-state index contributed by atoms with van der Waals surface area (Å²) in [5, 5.41) is 5.48. The number of amides is 2. The molecule has 22 heavy (non-hydrogen) atoms. The molecule has 0 saturated heterocycles. The zero-order valence-electron chi connectivity index (χ0n) is 12.8. The van der Waals surface area contributed by atoms with Crippen LogP contribution < -0.4 is 15.4 Å². The van der Waals surface area contributed by atoms with Crippen molar-refractivity contribution in [2.24, 2.45) is 0 Å². The maximum Gasteiger partial charge on any atom is 0.255 e. The van der Waals surface area contributed by atoms with E-state index in [4.69, 9.17) is 4.74 Å². The van der Waals surface area contributed by atoms with Crippen molar-refractivity contribution in [3.8, 4) is 5.75 Å². The van der Waals surface area contributed by atoms with Gasteiger partial charge in [0.15, 0.2) is 0 Å². The summed E-state index contributed by atoms with van der Waals surface area (Å²) in [7, 11) is 1.59. The first kappa shape index (κ1) is 15.6. The molecule has 2 aromatic carbocycles. The first-order valence-electron chi connectivity index (χ1n) is 6.83. The van der Waals surface area contributed by atoms with Crippen LogP contribution in [0.1, 0.15) is 22.8 Å². The number of benzene rings is 2. The molecular weight excluding hydrogens is 280 g/mol. The van der Waals surface area contributed by atoms with Gasteiger partial charge >= 0.3 is 0 Å². The molecule has 0 aliphatic rings. The lowest BCUT2D eigenvalue weighted by Crippen LogP contribution is -2.13. The van der Waals surface area contributed by atoms with Gasteiger partial charge < -0.3 is 15.4 Å². The molecule has 5 heteroatoms. The molecule has 0 bridgehead atoms. The number of hydrogen-bond donors (Lipinski definition) is 2. The van der Waals surface area contributed by atoms with Gasteiger partial charge in [-0.15, -0.1) is 0 Å². The second kappa shape index (κ2) is 6.76. The van der Waals surface area contributed by atoms with Crippen LogP contribution in [0.4, 0.5) is 11.4 Å². The molecule has 2 N–H and O–H groups in total. The predicted octanol–water partition coefficient (Wildman–Crippen LogP) is 3.21. The fourth-order valence-corrected chi connectivity index (χ4v) is 2.10. The monoisotopic (exact) mass is 298 g/mol. The minimum Gasteiger partial charge on any atom is -0.496 e. The highest BCUT2D eigenvalue weighted by Crippen LogP contribution is 2.20. The van der Waals surface area contributed by atoms with E-state index in [1.54, 1.807) is 49.6 Å². The summed E-state index contributed by atoms with van der Waals surface area (Å²) in [6, 6.07) is 12.2. The first-order chi connectivity index (χ1) is 10.5. The number of nitrogens with one attached hydrogen (secondary N) is 2. The fraction of sp³-hybridized carbons (Fsp3) is 0.176. The lowest BCUT2D eigenvalue weighted by molar-refractivity contribution is -0.114. The Labute approximate surface area is 129 Å². The molecule has 0 aromatic heterocycles. The Balaban J connectivity index is 2.15. The van der Waals surface area contributed by atoms with Crippen molar-refractivity contribution in [2.75, 3.05) is 17.7 Å². The lowest BCUT2D eigenvalue weighted by Gasteiger charge is -2.10. The van der Waals surface area contributed by atoms with E-state index in [9.17, 15) is 9.59 Å². The van der Waals surface area contributed by atoms with Gasteiger partial charge in [-0.05, 0) is 48.9 Å². The maximum absolute atomic E-state index is 12.3. The van der Waals surface area contributed by atoms with Gasteiger partial charge in [-0.2, -0.15) is 0 Å². The Kier molecular flexibility index (Phi) is 4.78. The van der Waals surface area contributed by atoms with Gasteiger partial charge in [-0.3, -0.25) is 9.59 Å². The van der Waals surface area contributed by atoms with Crippen LogP contribution in [0.15, 0.2) is 42.5 Å². The quantitative estimate of drug-likeness (QED) is 0.910. The van der Waals surface area contributed by atoms with Crippen molar-refractivity contribution in [1.82, 2.24) is 0 Å². The number of ether oxygens (including phenoxy) is 1. The zero-order valence-corrected chi connectivity index (χ0v) is 12.8. The van der Waals surface area contributed by atoms with Gasteiger partial charge in [0.25, 0.3) is 5.91 Å². The molecular formula is C17H18N2O3. The summed E-state index contributed by atoms with van der Waals surface area (Å²) in [6.07, 6.45) is 0. The molecule has 0 aliphatic carbocycles. The van der Waals surface area contributed by atoms with E-state index in [2.05, 4.69) is 10.6 Å². The third-order valence-electron chi connectivity index (χ3n) is 3.10. The number of aryl methyl sites for hydroxylation is 1. The normalized spacial score (nSPS) is 9.95. The molecule has 2 aromatic rings. The van der Waals surface area contributed by atoms with Crippen LogP contribution >= 0.6 is 0 Å². The standard InChI is InChI=1S/C17H18N2O3/c1-11-9-13(7-8-16(11)22-3)17(21)19-15-6-4-5-14(10-15)18-12(2)20/h4-10H,1-3H3,(H,18,20)(H,19,21). The van der Waals surface area contributed by atoms with Crippen LogP contribution in [0.2, 0.25) is 0 Å². The van der Waals surface area contributed by atoms with Crippen molar-refractivity contribution in [2.45, 2.75) is 13.8 Å². The van der Waals surface area contributed by atoms with Crippen molar-refractivity contribution >= 4 is 23.2 Å². The van der Waals surface area contributed by atoms with Crippen LogP contribution in [-0.4, -0.2) is 18.9 Å². The van der Waals surface area contributed by atoms with Crippen molar-refractivity contribution in [1.29, 1.82) is 0 Å². The minimum absolute atomic E-state index is 0.158. The fourth-order valence-electron chi connectivity index (χ4n) is 2.10. The zero-order chi connectivity index (χ0) is 16.1. The highest BCUT2D eigenvalue weighted by Gasteiger charge is 2.09. The lowest BCUT2D eigenvalue weighted by atomic mass is 10.1. The Bertz CT molecular complexity index is 711. The van der Waals surface area contributed by atoms with E-state index >= 15 is 0 Å². The number of methoxy groups -OCH3 is 1. The number of carbonyl (C=O) groups excluding carboxylic acids is 2. The van der Waals surface area contributed by atoms with E-state index in [1.807, 2.05) is 6.92 Å². The third kappa shape index (κ3) is 3.85. The van der Waals surface area contributed by atoms with Crippen LogP contribution in [-0.2, 0) is 4.79 Å². The molecule has 0 fully saturated rings. The Morgan fingerprint density at radius 3 is 2.27 bits per heavy atom. The van der Waals surface area contributed by atoms with Crippen molar-refractivity contribution in [3.05, 3.63) is 53.6 Å². The number of anilines is 2. The predicted molar refractivity (Wildman–Crippen MR) is 86.4 cm³/mol. The van der Waals surface area contributed by atoms with Gasteiger partial charge in [0.2, 0.25) is 5.91 Å². The van der Waals surface area contributed by atoms with Crippen molar-refractivity contribution in [3.63, 3.8) is 0 Å². The van der Waals surface area contributed by atoms with Crippen LogP contribution in [0.5, 0.6) is 5.75 Å². The molecule has 0 saturated carbocycles. The van der Waals surface area contributed by atoms with Gasteiger partial charge in [0.1, 0.15) is 5.75 Å². The number of carbonyl (C=O) groups is 2. The molecule has 114 valence electrons. The summed E-state index contributed by atoms with van der Waals surface area (Å²) in [6.45, 7) is 3.32. The average Bonchev–Trinajstić information content (AvgIpc) is 2.46. The third-order valence-corrected chi connectivity index (χ3v) is 3.10. The summed E-state index contributed by atoms with van der Waals surface area (Å²) in [5.74, 6) is 0.365. The van der Waals surface area contributed by atoms with Crippen LogP contribution in [0.25, 0.3) is 0 Å². The number of rotatable bonds is 4. The van der Waals surface area contributed by atoms with E-state index in [0.717, 1.165) is 11.3 Å². The topological polar surface area (TPSA) is 67.4 Å². The van der Waals surface area contributed by atoms with E-state index in [-0.39, 0.29) is 11.8 Å². The second-order valence-corrected chi connectivity index (χ2v) is 4.90. The summed E-state index contributed by atoms with van der Waals surface area (Å²) in [4.78, 5) is 23.3.